The molecular formula is C17H26N2O2. The third kappa shape index (κ3) is 4.55. The van der Waals surface area contributed by atoms with E-state index in [2.05, 4.69) is 22.3 Å². The zero-order valence-corrected chi connectivity index (χ0v) is 13.4. The molecule has 0 spiro atoms. The van der Waals surface area contributed by atoms with Crippen molar-refractivity contribution in [2.45, 2.75) is 45.4 Å². The molecule has 1 aromatic rings. The van der Waals surface area contributed by atoms with Gasteiger partial charge in [0.05, 0.1) is 18.8 Å². The van der Waals surface area contributed by atoms with Crippen LogP contribution >= 0.6 is 0 Å². The zero-order valence-electron chi connectivity index (χ0n) is 13.4. The minimum Gasteiger partial charge on any atom is -0.371 e. The molecule has 2 unspecified atom stereocenters. The Hall–Kier alpha value is -1.39. The Morgan fingerprint density at radius 2 is 2.00 bits per heavy atom. The fourth-order valence-electron chi connectivity index (χ4n) is 2.53. The molecule has 2 atom stereocenters. The second-order valence-corrected chi connectivity index (χ2v) is 6.68. The molecule has 116 valence electrons. The molecule has 1 amide bonds. The SMILES string of the molecule is CC(C(=O)NC(C)(C)C)N1CCOC(c2ccccc2)C1. The number of nitrogens with zero attached hydrogens (tertiary/aromatic N) is 1. The summed E-state index contributed by atoms with van der Waals surface area (Å²) in [5.41, 5.74) is 0.974. The van der Waals surface area contributed by atoms with E-state index < -0.39 is 0 Å². The highest BCUT2D eigenvalue weighted by Crippen LogP contribution is 2.23. The van der Waals surface area contributed by atoms with Gasteiger partial charge in [-0.25, -0.2) is 0 Å². The average Bonchev–Trinajstić information content (AvgIpc) is 2.46. The molecule has 1 aromatic carbocycles. The van der Waals surface area contributed by atoms with Crippen LogP contribution in [0.4, 0.5) is 0 Å². The number of benzene rings is 1. The van der Waals surface area contributed by atoms with E-state index >= 15 is 0 Å². The van der Waals surface area contributed by atoms with Gasteiger partial charge >= 0.3 is 0 Å². The normalized spacial score (nSPS) is 21.8. The minimum absolute atomic E-state index is 0.0461. The van der Waals surface area contributed by atoms with Gasteiger partial charge in [0.25, 0.3) is 0 Å². The molecule has 0 saturated carbocycles. The molecule has 1 fully saturated rings. The Morgan fingerprint density at radius 3 is 2.62 bits per heavy atom. The van der Waals surface area contributed by atoms with E-state index in [1.807, 2.05) is 45.9 Å². The van der Waals surface area contributed by atoms with Gasteiger partial charge in [0.15, 0.2) is 0 Å². The van der Waals surface area contributed by atoms with Crippen molar-refractivity contribution in [2.24, 2.45) is 0 Å². The third-order valence-electron chi connectivity index (χ3n) is 3.69. The lowest BCUT2D eigenvalue weighted by Crippen LogP contribution is -2.53. The van der Waals surface area contributed by atoms with Crippen LogP contribution in [0.5, 0.6) is 0 Å². The Morgan fingerprint density at radius 1 is 1.33 bits per heavy atom. The van der Waals surface area contributed by atoms with Crippen molar-refractivity contribution in [1.82, 2.24) is 10.2 Å². The summed E-state index contributed by atoms with van der Waals surface area (Å²) in [6, 6.07) is 10.1. The molecule has 1 aliphatic rings. The van der Waals surface area contributed by atoms with Crippen LogP contribution in [-0.4, -0.2) is 42.1 Å². The van der Waals surface area contributed by atoms with Gasteiger partial charge in [-0.1, -0.05) is 30.3 Å². The van der Waals surface area contributed by atoms with E-state index in [9.17, 15) is 4.79 Å². The maximum Gasteiger partial charge on any atom is 0.237 e. The quantitative estimate of drug-likeness (QED) is 0.929. The van der Waals surface area contributed by atoms with Crippen molar-refractivity contribution in [2.75, 3.05) is 19.7 Å². The number of amides is 1. The number of carbonyl (C=O) groups is 1. The van der Waals surface area contributed by atoms with Gasteiger partial charge in [-0.2, -0.15) is 0 Å². The first-order valence-corrected chi connectivity index (χ1v) is 7.59. The standard InChI is InChI=1S/C17H26N2O2/c1-13(16(20)18-17(2,3)4)19-10-11-21-15(12-19)14-8-6-5-7-9-14/h5-9,13,15H,10-12H2,1-4H3,(H,18,20). The Balaban J connectivity index is 1.99. The van der Waals surface area contributed by atoms with Gasteiger partial charge in [0.1, 0.15) is 0 Å². The van der Waals surface area contributed by atoms with Gasteiger partial charge in [0.2, 0.25) is 5.91 Å². The van der Waals surface area contributed by atoms with Crippen LogP contribution in [0.2, 0.25) is 0 Å². The molecule has 4 nitrogen and oxygen atoms in total. The second kappa shape index (κ2) is 6.58. The van der Waals surface area contributed by atoms with Gasteiger partial charge < -0.3 is 10.1 Å². The Bertz CT molecular complexity index is 467. The summed E-state index contributed by atoms with van der Waals surface area (Å²) in [7, 11) is 0. The summed E-state index contributed by atoms with van der Waals surface area (Å²) in [6.07, 6.45) is 0.0461. The third-order valence-corrected chi connectivity index (χ3v) is 3.69. The van der Waals surface area contributed by atoms with E-state index in [4.69, 9.17) is 4.74 Å². The number of hydrogen-bond donors (Lipinski definition) is 1. The molecule has 0 bridgehead atoms. The highest BCUT2D eigenvalue weighted by atomic mass is 16.5. The van der Waals surface area contributed by atoms with Crippen LogP contribution in [0, 0.1) is 0 Å². The van der Waals surface area contributed by atoms with Crippen LogP contribution < -0.4 is 5.32 Å². The van der Waals surface area contributed by atoms with Crippen molar-refractivity contribution in [3.8, 4) is 0 Å². The summed E-state index contributed by atoms with van der Waals surface area (Å²) in [5.74, 6) is 0.0798. The van der Waals surface area contributed by atoms with Gasteiger partial charge in [-0.3, -0.25) is 9.69 Å². The average molecular weight is 290 g/mol. The molecule has 1 heterocycles. The molecule has 1 N–H and O–H groups in total. The Kier molecular flexibility index (Phi) is 5.01. The van der Waals surface area contributed by atoms with E-state index in [-0.39, 0.29) is 23.6 Å². The molecule has 1 saturated heterocycles. The fraction of sp³-hybridized carbons (Fsp3) is 0.588. The topological polar surface area (TPSA) is 41.6 Å². The monoisotopic (exact) mass is 290 g/mol. The van der Waals surface area contributed by atoms with Crippen LogP contribution in [0.3, 0.4) is 0 Å². The smallest absolute Gasteiger partial charge is 0.237 e. The first kappa shape index (κ1) is 16.0. The number of rotatable bonds is 3. The molecule has 0 aliphatic carbocycles. The molecular weight excluding hydrogens is 264 g/mol. The number of morpholine rings is 1. The summed E-state index contributed by atoms with van der Waals surface area (Å²) in [5, 5.41) is 3.05. The number of ether oxygens (including phenoxy) is 1. The lowest BCUT2D eigenvalue weighted by atomic mass is 10.1. The summed E-state index contributed by atoms with van der Waals surface area (Å²) in [6.45, 7) is 10.2. The van der Waals surface area contributed by atoms with Crippen molar-refractivity contribution >= 4 is 5.91 Å². The van der Waals surface area contributed by atoms with Crippen LogP contribution in [-0.2, 0) is 9.53 Å². The van der Waals surface area contributed by atoms with Crippen LogP contribution in [0.15, 0.2) is 30.3 Å². The number of carbonyl (C=O) groups excluding carboxylic acids is 1. The first-order valence-electron chi connectivity index (χ1n) is 7.59. The van der Waals surface area contributed by atoms with Crippen molar-refractivity contribution in [1.29, 1.82) is 0 Å². The summed E-state index contributed by atoms with van der Waals surface area (Å²) >= 11 is 0. The highest BCUT2D eigenvalue weighted by Gasteiger charge is 2.29. The van der Waals surface area contributed by atoms with E-state index in [1.165, 1.54) is 5.56 Å². The van der Waals surface area contributed by atoms with Crippen molar-refractivity contribution in [3.63, 3.8) is 0 Å². The van der Waals surface area contributed by atoms with E-state index in [1.54, 1.807) is 0 Å². The van der Waals surface area contributed by atoms with E-state index in [0.717, 1.165) is 13.1 Å². The van der Waals surface area contributed by atoms with Gasteiger partial charge in [-0.15, -0.1) is 0 Å². The van der Waals surface area contributed by atoms with Crippen molar-refractivity contribution < 1.29 is 9.53 Å². The molecule has 4 heteroatoms. The van der Waals surface area contributed by atoms with E-state index in [0.29, 0.717) is 6.61 Å². The summed E-state index contributed by atoms with van der Waals surface area (Å²) in [4.78, 5) is 14.5. The predicted molar refractivity (Wildman–Crippen MR) is 84.1 cm³/mol. The lowest BCUT2D eigenvalue weighted by molar-refractivity contribution is -0.130. The number of nitrogens with one attached hydrogen (secondary N) is 1. The second-order valence-electron chi connectivity index (χ2n) is 6.68. The lowest BCUT2D eigenvalue weighted by Gasteiger charge is -2.37. The molecule has 0 radical (unpaired) electrons. The molecule has 0 aromatic heterocycles. The maximum atomic E-state index is 12.3. The number of hydrogen-bond acceptors (Lipinski definition) is 3. The molecule has 21 heavy (non-hydrogen) atoms. The van der Waals surface area contributed by atoms with Gasteiger partial charge in [-0.05, 0) is 33.3 Å². The minimum atomic E-state index is -0.198. The summed E-state index contributed by atoms with van der Waals surface area (Å²) < 4.78 is 5.85. The van der Waals surface area contributed by atoms with Gasteiger partial charge in [0, 0.05) is 18.6 Å². The zero-order chi connectivity index (χ0) is 15.5. The fourth-order valence-corrected chi connectivity index (χ4v) is 2.53. The Labute approximate surface area is 127 Å². The molecule has 1 aliphatic heterocycles. The first-order chi connectivity index (χ1) is 9.87. The molecule has 2 rings (SSSR count). The van der Waals surface area contributed by atoms with Crippen LogP contribution in [0.25, 0.3) is 0 Å². The largest absolute Gasteiger partial charge is 0.371 e. The predicted octanol–water partition coefficient (Wildman–Crippen LogP) is 2.36. The van der Waals surface area contributed by atoms with Crippen molar-refractivity contribution in [3.05, 3.63) is 35.9 Å². The van der Waals surface area contributed by atoms with Crippen LogP contribution in [0.1, 0.15) is 39.4 Å². The maximum absolute atomic E-state index is 12.3. The highest BCUT2D eigenvalue weighted by molar-refractivity contribution is 5.81.